The number of benzene rings is 1. The average Bonchev–Trinajstić information content (AvgIpc) is 3.03. The zero-order valence-corrected chi connectivity index (χ0v) is 13.3. The summed E-state index contributed by atoms with van der Waals surface area (Å²) in [5.41, 5.74) is 3.87. The molecular weight excluding hydrogens is 318 g/mol. The van der Waals surface area contributed by atoms with Crippen LogP contribution in [0.25, 0.3) is 22.6 Å². The Morgan fingerprint density at radius 3 is 3.00 bits per heavy atom. The van der Waals surface area contributed by atoms with E-state index in [0.717, 1.165) is 27.6 Å². The average molecular weight is 333 g/mol. The van der Waals surface area contributed by atoms with Gasteiger partial charge in [-0.1, -0.05) is 12.1 Å². The molecule has 0 atom stereocenters. The molecule has 0 amide bonds. The summed E-state index contributed by atoms with van der Waals surface area (Å²) in [6.07, 6.45) is 6.94. The minimum atomic E-state index is -1.01. The summed E-state index contributed by atoms with van der Waals surface area (Å²) in [5.74, 6) is -1.01. The summed E-state index contributed by atoms with van der Waals surface area (Å²) < 4.78 is 5.13. The van der Waals surface area contributed by atoms with Gasteiger partial charge >= 0.3 is 5.97 Å². The van der Waals surface area contributed by atoms with E-state index in [-0.39, 0.29) is 13.2 Å². The number of aromatic amines is 1. The smallest absolute Gasteiger partial charge is 0.329 e. The van der Waals surface area contributed by atoms with Crippen molar-refractivity contribution in [2.24, 2.45) is 0 Å². The highest BCUT2D eigenvalue weighted by Crippen LogP contribution is 2.27. The molecule has 0 unspecified atom stereocenters. The van der Waals surface area contributed by atoms with Gasteiger partial charge in [0.15, 0.2) is 0 Å². The second-order valence-electron chi connectivity index (χ2n) is 5.42. The second kappa shape index (κ2) is 7.43. The van der Waals surface area contributed by atoms with Gasteiger partial charge in [0.1, 0.15) is 6.61 Å². The van der Waals surface area contributed by atoms with E-state index in [1.165, 1.54) is 0 Å². The molecule has 2 aromatic heterocycles. The third-order valence-corrected chi connectivity index (χ3v) is 3.65. The van der Waals surface area contributed by atoms with Crippen molar-refractivity contribution in [3.05, 3.63) is 65.6 Å². The molecule has 0 saturated carbocycles. The van der Waals surface area contributed by atoms with E-state index in [9.17, 15) is 10.1 Å². The molecule has 0 bridgehead atoms. The molecule has 124 valence electrons. The Hall–Kier alpha value is -3.43. The van der Waals surface area contributed by atoms with Gasteiger partial charge in [-0.2, -0.15) is 5.26 Å². The molecule has 0 radical (unpaired) electrons. The van der Waals surface area contributed by atoms with Crippen LogP contribution in [0.3, 0.4) is 0 Å². The second-order valence-corrected chi connectivity index (χ2v) is 5.42. The molecule has 1 aromatic carbocycles. The third kappa shape index (κ3) is 3.91. The van der Waals surface area contributed by atoms with Gasteiger partial charge < -0.3 is 14.8 Å². The Kier molecular flexibility index (Phi) is 4.88. The Labute approximate surface area is 144 Å². The van der Waals surface area contributed by atoms with Crippen LogP contribution >= 0.6 is 0 Å². The molecule has 6 heteroatoms. The molecule has 6 nitrogen and oxygen atoms in total. The van der Waals surface area contributed by atoms with Gasteiger partial charge in [0.05, 0.1) is 18.2 Å². The summed E-state index contributed by atoms with van der Waals surface area (Å²) in [5, 5.41) is 19.1. The van der Waals surface area contributed by atoms with Crippen molar-refractivity contribution in [2.45, 2.75) is 6.61 Å². The topological polar surface area (TPSA) is 99.0 Å². The number of rotatable bonds is 6. The van der Waals surface area contributed by atoms with E-state index in [2.05, 4.69) is 16.0 Å². The largest absolute Gasteiger partial charge is 0.480 e. The van der Waals surface area contributed by atoms with Crippen molar-refractivity contribution in [1.82, 2.24) is 9.97 Å². The van der Waals surface area contributed by atoms with E-state index in [1.807, 2.05) is 30.3 Å². The maximum atomic E-state index is 10.5. The summed E-state index contributed by atoms with van der Waals surface area (Å²) >= 11 is 0. The quantitative estimate of drug-likeness (QED) is 0.675. The minimum Gasteiger partial charge on any atom is -0.480 e. The molecule has 0 saturated heterocycles. The van der Waals surface area contributed by atoms with Crippen molar-refractivity contribution in [3.8, 4) is 6.07 Å². The lowest BCUT2D eigenvalue weighted by Gasteiger charge is -2.03. The van der Waals surface area contributed by atoms with Crippen LogP contribution in [-0.2, 0) is 16.1 Å². The van der Waals surface area contributed by atoms with Gasteiger partial charge in [-0.15, -0.1) is 0 Å². The molecule has 0 aliphatic rings. The molecule has 0 aliphatic carbocycles. The Balaban J connectivity index is 1.94. The summed E-state index contributed by atoms with van der Waals surface area (Å²) in [6, 6.07) is 11.6. The predicted molar refractivity (Wildman–Crippen MR) is 93.3 cm³/mol. The predicted octanol–water partition coefficient (Wildman–Crippen LogP) is 3.23. The highest BCUT2D eigenvalue weighted by Gasteiger charge is 2.10. The number of aromatic nitrogens is 2. The molecule has 0 spiro atoms. The van der Waals surface area contributed by atoms with Gasteiger partial charge in [-0.05, 0) is 35.4 Å². The van der Waals surface area contributed by atoms with Crippen molar-refractivity contribution in [2.75, 3.05) is 6.61 Å². The van der Waals surface area contributed by atoms with E-state index in [4.69, 9.17) is 9.84 Å². The highest BCUT2D eigenvalue weighted by molar-refractivity contribution is 6.01. The number of hydrogen-bond acceptors (Lipinski definition) is 4. The third-order valence-electron chi connectivity index (χ3n) is 3.65. The number of nitriles is 1. The lowest BCUT2D eigenvalue weighted by molar-refractivity contribution is -0.142. The monoisotopic (exact) mass is 333 g/mol. The normalized spacial score (nSPS) is 11.4. The molecule has 0 aliphatic heterocycles. The van der Waals surface area contributed by atoms with Gasteiger partial charge in [-0.3, -0.25) is 4.98 Å². The first-order chi connectivity index (χ1) is 12.2. The number of fused-ring (bicyclic) bond motifs is 1. The number of carboxylic acids is 1. The molecule has 2 N–H and O–H groups in total. The minimum absolute atomic E-state index is 0.196. The zero-order valence-electron chi connectivity index (χ0n) is 13.3. The first-order valence-electron chi connectivity index (χ1n) is 7.59. The first kappa shape index (κ1) is 16.4. The zero-order chi connectivity index (χ0) is 17.6. The Bertz CT molecular complexity index is 968. The number of pyridine rings is 1. The van der Waals surface area contributed by atoms with Gasteiger partial charge in [0.2, 0.25) is 0 Å². The van der Waals surface area contributed by atoms with Crippen LogP contribution in [-0.4, -0.2) is 27.7 Å². The van der Waals surface area contributed by atoms with Crippen LogP contribution in [0.4, 0.5) is 0 Å². The fourth-order valence-electron chi connectivity index (χ4n) is 2.53. The van der Waals surface area contributed by atoms with E-state index in [1.54, 1.807) is 24.7 Å². The van der Waals surface area contributed by atoms with E-state index in [0.29, 0.717) is 5.57 Å². The molecule has 3 rings (SSSR count). The number of allylic oxidation sites excluding steroid dienone is 1. The van der Waals surface area contributed by atoms with E-state index < -0.39 is 5.97 Å². The summed E-state index contributed by atoms with van der Waals surface area (Å²) in [6.45, 7) is -0.149. The van der Waals surface area contributed by atoms with Crippen molar-refractivity contribution >= 4 is 28.5 Å². The fraction of sp³-hybridized carbons (Fsp3) is 0.105. The van der Waals surface area contributed by atoms with Crippen LogP contribution in [0.2, 0.25) is 0 Å². The molecule has 2 heterocycles. The summed E-state index contributed by atoms with van der Waals surface area (Å²) in [4.78, 5) is 17.7. The molecule has 0 fully saturated rings. The number of H-pyrrole nitrogens is 1. The van der Waals surface area contributed by atoms with Crippen LogP contribution in [0.5, 0.6) is 0 Å². The molecule has 25 heavy (non-hydrogen) atoms. The van der Waals surface area contributed by atoms with Crippen LogP contribution in [0, 0.1) is 11.3 Å². The number of ether oxygens (including phenoxy) is 1. The van der Waals surface area contributed by atoms with Crippen molar-refractivity contribution in [1.29, 1.82) is 5.26 Å². The highest BCUT2D eigenvalue weighted by atomic mass is 16.5. The lowest BCUT2D eigenvalue weighted by atomic mass is 10.0. The summed E-state index contributed by atoms with van der Waals surface area (Å²) in [7, 11) is 0. The number of nitrogens with one attached hydrogen (secondary N) is 1. The van der Waals surface area contributed by atoms with Crippen molar-refractivity contribution in [3.63, 3.8) is 0 Å². The van der Waals surface area contributed by atoms with Gasteiger partial charge in [-0.25, -0.2) is 4.79 Å². The van der Waals surface area contributed by atoms with Crippen molar-refractivity contribution < 1.29 is 14.6 Å². The maximum absolute atomic E-state index is 10.5. The first-order valence-corrected chi connectivity index (χ1v) is 7.59. The van der Waals surface area contributed by atoms with Gasteiger partial charge in [0, 0.05) is 35.1 Å². The standard InChI is InChI=1S/C19H15N3O3/c20-8-15(6-13-2-1-5-21-9-13)17-10-22-18-4-3-14(7-16(17)18)11-25-12-19(23)24/h1-7,9-10,22H,11-12H2,(H,23,24). The Morgan fingerprint density at radius 1 is 1.40 bits per heavy atom. The lowest BCUT2D eigenvalue weighted by Crippen LogP contribution is -2.06. The number of carboxylic acid groups (broad SMARTS) is 1. The van der Waals surface area contributed by atoms with Crippen LogP contribution in [0.1, 0.15) is 16.7 Å². The van der Waals surface area contributed by atoms with Crippen LogP contribution in [0.15, 0.2) is 48.9 Å². The maximum Gasteiger partial charge on any atom is 0.329 e. The molecular formula is C19H15N3O3. The number of nitrogens with zero attached hydrogens (tertiary/aromatic N) is 2. The Morgan fingerprint density at radius 2 is 2.28 bits per heavy atom. The van der Waals surface area contributed by atoms with Gasteiger partial charge in [0.25, 0.3) is 0 Å². The SMILES string of the molecule is N#CC(=Cc1cccnc1)c1c[nH]c2ccc(COCC(=O)O)cc12. The van der Waals surface area contributed by atoms with Crippen LogP contribution < -0.4 is 0 Å². The fourth-order valence-corrected chi connectivity index (χ4v) is 2.53. The van der Waals surface area contributed by atoms with E-state index >= 15 is 0 Å². The molecule has 3 aromatic rings. The number of carbonyl (C=O) groups is 1. The number of hydrogen-bond donors (Lipinski definition) is 2. The number of aliphatic carboxylic acids is 1.